The smallest absolute Gasteiger partial charge is 0.335 e. The zero-order chi connectivity index (χ0) is 21.0. The molecular formula is C16H16N6O5S2. The van der Waals surface area contributed by atoms with Gasteiger partial charge in [0.25, 0.3) is 10.0 Å². The second-order valence-corrected chi connectivity index (χ2v) is 7.64. The third-order valence-corrected chi connectivity index (χ3v) is 5.68. The Morgan fingerprint density at radius 1 is 1.14 bits per heavy atom. The van der Waals surface area contributed by atoms with Crippen LogP contribution < -0.4 is 19.5 Å². The largest absolute Gasteiger partial charge is 0.467 e. The highest BCUT2D eigenvalue weighted by atomic mass is 32.2. The first-order valence-corrected chi connectivity index (χ1v) is 9.96. The van der Waals surface area contributed by atoms with Crippen molar-refractivity contribution in [2.75, 3.05) is 19.5 Å². The van der Waals surface area contributed by atoms with Crippen LogP contribution in [0.15, 0.2) is 47.7 Å². The van der Waals surface area contributed by atoms with Gasteiger partial charge in [-0.15, -0.1) is 4.98 Å². The summed E-state index contributed by atoms with van der Waals surface area (Å²) >= 11 is 5.34. The lowest BCUT2D eigenvalue weighted by Gasteiger charge is -2.21. The molecule has 29 heavy (non-hydrogen) atoms. The van der Waals surface area contributed by atoms with Gasteiger partial charge >= 0.3 is 18.1 Å². The number of rotatable bonds is 6. The number of carbonyl (C=O) groups excluding carboxylic acids is 1. The van der Waals surface area contributed by atoms with Crippen LogP contribution in [0.3, 0.4) is 0 Å². The first kappa shape index (κ1) is 20.4. The van der Waals surface area contributed by atoms with Gasteiger partial charge in [0.05, 0.1) is 25.1 Å². The summed E-state index contributed by atoms with van der Waals surface area (Å²) in [6.07, 6.45) is 8.17. The number of ether oxygens (including phenoxy) is 2. The topological polar surface area (TPSA) is 137 Å². The maximum atomic E-state index is 12.7. The maximum Gasteiger partial charge on any atom is 0.335 e. The van der Waals surface area contributed by atoms with Crippen molar-refractivity contribution in [1.82, 2.24) is 24.2 Å². The van der Waals surface area contributed by atoms with Gasteiger partial charge in [0.2, 0.25) is 5.95 Å². The fourth-order valence-corrected chi connectivity index (χ4v) is 4.08. The number of nitrogens with one attached hydrogen (secondary N) is 2. The number of nitrogens with zero attached hydrogens (tertiary/aromatic N) is 4. The van der Waals surface area contributed by atoms with Crippen molar-refractivity contribution in [2.45, 2.75) is 6.04 Å². The quantitative estimate of drug-likeness (QED) is 0.640. The van der Waals surface area contributed by atoms with E-state index in [4.69, 9.17) is 21.7 Å². The number of anilines is 1. The van der Waals surface area contributed by atoms with Gasteiger partial charge in [0.1, 0.15) is 4.91 Å². The zero-order valence-electron chi connectivity index (χ0n) is 15.3. The number of urea groups is 1. The lowest BCUT2D eigenvalue weighted by atomic mass is 10.1. The predicted octanol–water partition coefficient (Wildman–Crippen LogP) is 1.21. The lowest BCUT2D eigenvalue weighted by Crippen LogP contribution is -2.38. The first-order valence-electron chi connectivity index (χ1n) is 8.07. The molecular weight excluding hydrogens is 420 g/mol. The van der Waals surface area contributed by atoms with Crippen molar-refractivity contribution in [3.8, 4) is 12.0 Å². The average Bonchev–Trinajstić information content (AvgIpc) is 3.21. The Balaban J connectivity index is 1.75. The maximum absolute atomic E-state index is 12.7. The summed E-state index contributed by atoms with van der Waals surface area (Å²) in [5.74, 6) is -0.258. The number of allylic oxidation sites excluding steroid dienone is 4. The van der Waals surface area contributed by atoms with Crippen LogP contribution in [0.5, 0.6) is 12.0 Å². The van der Waals surface area contributed by atoms with Gasteiger partial charge in [-0.1, -0.05) is 24.4 Å². The molecule has 0 spiro atoms. The van der Waals surface area contributed by atoms with Crippen LogP contribution >= 0.6 is 12.2 Å². The molecule has 0 radical (unpaired) electrons. The molecule has 0 saturated heterocycles. The number of thiocarbonyl (C=S) groups is 1. The molecule has 11 nitrogen and oxygen atoms in total. The van der Waals surface area contributed by atoms with Crippen LogP contribution in [-0.4, -0.2) is 53.1 Å². The Labute approximate surface area is 171 Å². The van der Waals surface area contributed by atoms with Crippen molar-refractivity contribution in [3.63, 3.8) is 0 Å². The molecule has 1 aliphatic rings. The molecule has 1 aliphatic carbocycles. The molecule has 13 heteroatoms. The summed E-state index contributed by atoms with van der Waals surface area (Å²) in [6.45, 7) is 0. The molecule has 0 aliphatic heterocycles. The number of methoxy groups -OCH3 is 2. The highest BCUT2D eigenvalue weighted by Crippen LogP contribution is 2.24. The van der Waals surface area contributed by atoms with E-state index in [1.807, 2.05) is 4.72 Å². The van der Waals surface area contributed by atoms with Gasteiger partial charge in [-0.3, -0.25) is 5.32 Å². The molecule has 0 aromatic carbocycles. The summed E-state index contributed by atoms with van der Waals surface area (Å²) in [5, 5.41) is 2.20. The summed E-state index contributed by atoms with van der Waals surface area (Å²) < 4.78 is 38.7. The van der Waals surface area contributed by atoms with Crippen LogP contribution in [-0.2, 0) is 10.0 Å². The zero-order valence-corrected chi connectivity index (χ0v) is 16.9. The summed E-state index contributed by atoms with van der Waals surface area (Å²) in [6, 6.07) is 1.81. The van der Waals surface area contributed by atoms with E-state index in [1.165, 1.54) is 20.3 Å². The van der Waals surface area contributed by atoms with Gasteiger partial charge in [-0.2, -0.15) is 9.97 Å². The van der Waals surface area contributed by atoms with E-state index in [1.54, 1.807) is 41.2 Å². The second-order valence-electron chi connectivity index (χ2n) is 5.55. The molecule has 2 N–H and O–H groups in total. The number of amides is 2. The molecule has 2 amide bonds. The molecule has 2 aromatic heterocycles. The molecule has 0 fully saturated rings. The highest BCUT2D eigenvalue weighted by molar-refractivity contribution is 7.97. The van der Waals surface area contributed by atoms with Gasteiger partial charge < -0.3 is 14.0 Å². The predicted molar refractivity (Wildman–Crippen MR) is 107 cm³/mol. The Kier molecular flexibility index (Phi) is 5.89. The second kappa shape index (κ2) is 8.36. The number of sulfonamides is 1. The van der Waals surface area contributed by atoms with Crippen molar-refractivity contribution < 1.29 is 22.7 Å². The van der Waals surface area contributed by atoms with Crippen LogP contribution in [0.4, 0.5) is 10.7 Å². The van der Waals surface area contributed by atoms with Crippen LogP contribution in [0.1, 0.15) is 6.04 Å². The summed E-state index contributed by atoms with van der Waals surface area (Å²) in [7, 11) is -1.62. The normalized spacial score (nSPS) is 16.1. The van der Waals surface area contributed by atoms with Crippen molar-refractivity contribution in [3.05, 3.63) is 47.7 Å². The third-order valence-electron chi connectivity index (χ3n) is 3.70. The lowest BCUT2D eigenvalue weighted by molar-refractivity contribution is 0.256. The van der Waals surface area contributed by atoms with Crippen molar-refractivity contribution in [2.24, 2.45) is 0 Å². The molecule has 152 valence electrons. The van der Waals surface area contributed by atoms with Gasteiger partial charge in [-0.05, 0) is 18.2 Å². The van der Waals surface area contributed by atoms with Crippen molar-refractivity contribution in [1.29, 1.82) is 0 Å². The minimum Gasteiger partial charge on any atom is -0.467 e. The minimum atomic E-state index is -4.25. The van der Waals surface area contributed by atoms with Gasteiger partial charge in [0.15, 0.2) is 0 Å². The van der Waals surface area contributed by atoms with Gasteiger partial charge in [-0.25, -0.2) is 17.9 Å². The van der Waals surface area contributed by atoms with E-state index in [9.17, 15) is 13.2 Å². The van der Waals surface area contributed by atoms with Crippen molar-refractivity contribution >= 4 is 39.1 Å². The average molecular weight is 436 g/mol. The molecule has 3 rings (SSSR count). The van der Waals surface area contributed by atoms with E-state index in [2.05, 4.69) is 20.3 Å². The molecule has 1 atom stereocenters. The van der Waals surface area contributed by atoms with Crippen LogP contribution in [0.25, 0.3) is 0 Å². The Morgan fingerprint density at radius 3 is 2.34 bits per heavy atom. The SMILES string of the molecule is COc1nc(NC(=O)NS(=O)(=O)C2=CC=CC(n3cccc3)C2=S)nc(OC)n1. The van der Waals surface area contributed by atoms with E-state index in [-0.39, 0.29) is 27.7 Å². The molecule has 0 saturated carbocycles. The van der Waals surface area contributed by atoms with E-state index in [0.29, 0.717) is 0 Å². The number of hydrogen-bond acceptors (Lipinski definition) is 9. The Hall–Kier alpha value is -3.32. The number of carbonyl (C=O) groups is 1. The van der Waals surface area contributed by atoms with Crippen LogP contribution in [0, 0.1) is 0 Å². The fourth-order valence-electron chi connectivity index (χ4n) is 2.43. The minimum absolute atomic E-state index is 0.120. The molecule has 2 aromatic rings. The Morgan fingerprint density at radius 2 is 1.76 bits per heavy atom. The molecule has 1 unspecified atom stereocenters. The molecule has 0 bridgehead atoms. The summed E-state index contributed by atoms with van der Waals surface area (Å²) in [5.41, 5.74) is 0. The first-order chi connectivity index (χ1) is 13.8. The van der Waals surface area contributed by atoms with E-state index < -0.39 is 22.1 Å². The standard InChI is InChI=1S/C16H16N6O5S2/c1-26-15-18-13(19-16(20-15)27-2)17-14(23)21-29(24,25)11-7-5-6-10(12(11)28)22-8-3-4-9-22/h3-10H,1-2H3,(H2,17,18,19,20,21,23). The van der Waals surface area contributed by atoms with E-state index >= 15 is 0 Å². The third kappa shape index (κ3) is 4.57. The molecule has 2 heterocycles. The summed E-state index contributed by atoms with van der Waals surface area (Å²) in [4.78, 5) is 23.5. The van der Waals surface area contributed by atoms with E-state index in [0.717, 1.165) is 0 Å². The van der Waals surface area contributed by atoms with Crippen LogP contribution in [0.2, 0.25) is 0 Å². The number of aromatic nitrogens is 4. The monoisotopic (exact) mass is 436 g/mol. The fraction of sp³-hybridized carbons (Fsp3) is 0.188. The number of hydrogen-bond donors (Lipinski definition) is 2. The Bertz CT molecular complexity index is 1070. The van der Waals surface area contributed by atoms with Gasteiger partial charge in [0, 0.05) is 12.4 Å². The highest BCUT2D eigenvalue weighted by Gasteiger charge is 2.30.